The molecule has 0 heterocycles. The maximum absolute atomic E-state index is 12.4. The van der Waals surface area contributed by atoms with Crippen LogP contribution in [0.25, 0.3) is 0 Å². The molecule has 0 aromatic carbocycles. The monoisotopic (exact) mass is 963 g/mol. The van der Waals surface area contributed by atoms with Crippen LogP contribution in [0.4, 0.5) is 0 Å². The van der Waals surface area contributed by atoms with E-state index < -0.39 is 29.9 Å². The number of ether oxygens (including phenoxy) is 4. The lowest BCUT2D eigenvalue weighted by molar-refractivity contribution is -0.142. The van der Waals surface area contributed by atoms with E-state index in [-0.39, 0.29) is 133 Å². The fourth-order valence-corrected chi connectivity index (χ4v) is 7.25. The molecule has 7 N–H and O–H groups in total. The number of carbonyl (C=O) groups is 8. The number of unbranched alkanes of at least 4 members (excludes halogenated alkanes) is 15. The van der Waals surface area contributed by atoms with Gasteiger partial charge in [-0.3, -0.25) is 33.6 Å². The van der Waals surface area contributed by atoms with Gasteiger partial charge in [-0.05, 0) is 25.7 Å². The molecule has 0 radical (unpaired) electrons. The number of aliphatic carboxylic acids is 3. The summed E-state index contributed by atoms with van der Waals surface area (Å²) in [4.78, 5) is 93.2. The molecule has 0 aromatic rings. The van der Waals surface area contributed by atoms with E-state index in [1.165, 1.54) is 69.5 Å². The lowest BCUT2D eigenvalue weighted by Crippen LogP contribution is -2.41. The summed E-state index contributed by atoms with van der Waals surface area (Å²) >= 11 is 1.23. The topological polar surface area (TPSA) is 282 Å². The first-order valence-electron chi connectivity index (χ1n) is 24.0. The molecule has 0 aliphatic rings. The number of carboxylic acid groups (broad SMARTS) is 3. The second kappa shape index (κ2) is 45.0. The Morgan fingerprint density at radius 3 is 1.41 bits per heavy atom. The van der Waals surface area contributed by atoms with Crippen molar-refractivity contribution < 1.29 is 72.6 Å². The number of amides is 4. The van der Waals surface area contributed by atoms with E-state index in [4.69, 9.17) is 29.2 Å². The minimum absolute atomic E-state index is 0.0290. The Labute approximate surface area is 396 Å². The number of ketones is 1. The predicted octanol–water partition coefficient (Wildman–Crippen LogP) is 4.66. The summed E-state index contributed by atoms with van der Waals surface area (Å²) in [7, 11) is 0. The predicted molar refractivity (Wildman–Crippen MR) is 250 cm³/mol. The minimum atomic E-state index is -1.16. The Hall–Kier alpha value is -3.85. The highest BCUT2D eigenvalue weighted by atomic mass is 32.2. The molecule has 0 saturated carbocycles. The van der Waals surface area contributed by atoms with Crippen molar-refractivity contribution in [1.29, 1.82) is 0 Å². The Morgan fingerprint density at radius 1 is 0.455 bits per heavy atom. The van der Waals surface area contributed by atoms with Crippen LogP contribution in [0.3, 0.4) is 0 Å². The third kappa shape index (κ3) is 44.0. The highest BCUT2D eigenvalue weighted by Crippen LogP contribution is 2.15. The SMILES string of the molecule is C[C@@H](CSCC(=O)NCCNC(=O)COCCOCCNC(=O)COCCOCCCC(=O)CC[C@H](NC(=O)CCCCCCCCCCCCCCCCCCC(=O)O)C(=O)O)C(=O)O. The van der Waals surface area contributed by atoms with Gasteiger partial charge in [-0.15, -0.1) is 0 Å². The lowest BCUT2D eigenvalue weighted by Gasteiger charge is -2.14. The number of carboxylic acids is 3. The standard InChI is InChI=1S/C46H82N4O15S/c1-37(45(58)59)35-66-36-43(55)48-25-24-47-41(53)33-65-32-30-63-28-26-49-42(54)34-64-31-29-62-27-18-19-38(51)22-23-39(46(60)61)50-40(52)20-16-14-12-10-8-6-4-2-3-5-7-9-11-13-15-17-21-44(56)57/h37,39H,2-36H2,1H3,(H,47,53)(H,48,55)(H,49,54)(H,50,52)(H,56,57)(H,58,59)(H,60,61)/t37-,39-/m0/s1. The van der Waals surface area contributed by atoms with Crippen LogP contribution in [0.1, 0.15) is 148 Å². The molecule has 0 aliphatic heterocycles. The molecular weight excluding hydrogens is 881 g/mol. The van der Waals surface area contributed by atoms with E-state index in [1.807, 2.05) is 0 Å². The van der Waals surface area contributed by atoms with Crippen LogP contribution in [0, 0.1) is 5.92 Å². The van der Waals surface area contributed by atoms with Crippen LogP contribution < -0.4 is 21.3 Å². The van der Waals surface area contributed by atoms with Crippen LogP contribution in [-0.2, 0) is 57.3 Å². The summed E-state index contributed by atoms with van der Waals surface area (Å²) in [5, 5.41) is 37.5. The van der Waals surface area contributed by atoms with Gasteiger partial charge in [0.2, 0.25) is 23.6 Å². The van der Waals surface area contributed by atoms with Crippen molar-refractivity contribution in [2.24, 2.45) is 5.92 Å². The number of hydrogen-bond acceptors (Lipinski definition) is 13. The fraction of sp³-hybridized carbons (Fsp3) is 0.826. The van der Waals surface area contributed by atoms with Crippen molar-refractivity contribution in [2.45, 2.75) is 154 Å². The van der Waals surface area contributed by atoms with Crippen molar-refractivity contribution in [2.75, 3.05) is 84.0 Å². The minimum Gasteiger partial charge on any atom is -0.481 e. The maximum Gasteiger partial charge on any atom is 0.326 e. The zero-order valence-corrected chi connectivity index (χ0v) is 40.4. The van der Waals surface area contributed by atoms with Crippen molar-refractivity contribution in [1.82, 2.24) is 21.3 Å². The first-order chi connectivity index (χ1) is 31.8. The summed E-state index contributed by atoms with van der Waals surface area (Å²) in [6, 6.07) is -1.11. The smallest absolute Gasteiger partial charge is 0.326 e. The van der Waals surface area contributed by atoms with Gasteiger partial charge in [0.15, 0.2) is 0 Å². The molecule has 0 unspecified atom stereocenters. The Kier molecular flexibility index (Phi) is 42.3. The van der Waals surface area contributed by atoms with Gasteiger partial charge in [-0.25, -0.2) is 4.79 Å². The normalized spacial score (nSPS) is 12.0. The molecule has 66 heavy (non-hydrogen) atoms. The van der Waals surface area contributed by atoms with Gasteiger partial charge in [0.1, 0.15) is 25.0 Å². The highest BCUT2D eigenvalue weighted by molar-refractivity contribution is 7.99. The van der Waals surface area contributed by atoms with Gasteiger partial charge >= 0.3 is 17.9 Å². The summed E-state index contributed by atoms with van der Waals surface area (Å²) in [5.41, 5.74) is 0. The average Bonchev–Trinajstić information content (AvgIpc) is 3.27. The zero-order valence-electron chi connectivity index (χ0n) is 39.6. The van der Waals surface area contributed by atoms with Crippen LogP contribution in [0.15, 0.2) is 0 Å². The number of nitrogens with one attached hydrogen (secondary N) is 4. The van der Waals surface area contributed by atoms with Gasteiger partial charge in [-0.2, -0.15) is 11.8 Å². The average molecular weight is 963 g/mol. The quantitative estimate of drug-likeness (QED) is 0.0408. The number of thioether (sulfide) groups is 1. The number of hydrogen-bond donors (Lipinski definition) is 7. The molecule has 20 heteroatoms. The van der Waals surface area contributed by atoms with Gasteiger partial charge in [0.05, 0.1) is 44.7 Å². The van der Waals surface area contributed by atoms with Crippen molar-refractivity contribution in [3.8, 4) is 0 Å². The molecule has 0 fully saturated rings. The van der Waals surface area contributed by atoms with Gasteiger partial charge in [-0.1, -0.05) is 96.8 Å². The molecular formula is C46H82N4O15S. The Bertz CT molecular complexity index is 1340. The first kappa shape index (κ1) is 62.1. The Balaban J connectivity index is 3.64. The van der Waals surface area contributed by atoms with Gasteiger partial charge in [0.25, 0.3) is 0 Å². The van der Waals surface area contributed by atoms with E-state index in [9.17, 15) is 43.5 Å². The number of rotatable bonds is 49. The Morgan fingerprint density at radius 2 is 0.909 bits per heavy atom. The number of Topliss-reactive ketones (excluding diaryl/α,β-unsaturated/α-hetero) is 1. The molecule has 0 rings (SSSR count). The number of carbonyl (C=O) groups excluding carboxylic acids is 5. The third-order valence-corrected chi connectivity index (χ3v) is 11.4. The molecule has 382 valence electrons. The van der Waals surface area contributed by atoms with E-state index in [1.54, 1.807) is 6.92 Å². The molecule has 0 aliphatic carbocycles. The summed E-state index contributed by atoms with van der Waals surface area (Å²) < 4.78 is 21.3. The van der Waals surface area contributed by atoms with E-state index in [0.717, 1.165) is 38.5 Å². The summed E-state index contributed by atoms with van der Waals surface area (Å²) in [6.07, 6.45) is 19.1. The maximum atomic E-state index is 12.4. The summed E-state index contributed by atoms with van der Waals surface area (Å²) in [5.74, 6) is -4.19. The van der Waals surface area contributed by atoms with Crippen molar-refractivity contribution in [3.05, 3.63) is 0 Å². The molecule has 19 nitrogen and oxygen atoms in total. The molecule has 0 bridgehead atoms. The van der Waals surface area contributed by atoms with Gasteiger partial charge < -0.3 is 55.5 Å². The molecule has 0 aromatic heterocycles. The second-order valence-corrected chi connectivity index (χ2v) is 17.4. The van der Waals surface area contributed by atoms with Crippen LogP contribution in [0.5, 0.6) is 0 Å². The molecule has 0 saturated heterocycles. The molecule has 4 amide bonds. The van der Waals surface area contributed by atoms with Gasteiger partial charge in [0, 0.05) is 57.7 Å². The highest BCUT2D eigenvalue weighted by Gasteiger charge is 2.21. The van der Waals surface area contributed by atoms with Crippen LogP contribution in [0.2, 0.25) is 0 Å². The van der Waals surface area contributed by atoms with Crippen molar-refractivity contribution >= 4 is 59.1 Å². The second-order valence-electron chi connectivity index (χ2n) is 16.3. The van der Waals surface area contributed by atoms with E-state index in [0.29, 0.717) is 25.2 Å². The lowest BCUT2D eigenvalue weighted by atomic mass is 10.0. The van der Waals surface area contributed by atoms with E-state index in [2.05, 4.69) is 21.3 Å². The van der Waals surface area contributed by atoms with Crippen LogP contribution in [-0.4, -0.2) is 153 Å². The third-order valence-electron chi connectivity index (χ3n) is 10.2. The van der Waals surface area contributed by atoms with Crippen molar-refractivity contribution in [3.63, 3.8) is 0 Å². The van der Waals surface area contributed by atoms with Crippen LogP contribution >= 0.6 is 11.8 Å². The molecule has 0 spiro atoms. The first-order valence-corrected chi connectivity index (χ1v) is 25.1. The zero-order chi connectivity index (χ0) is 48.9. The van der Waals surface area contributed by atoms with E-state index >= 15 is 0 Å². The molecule has 2 atom stereocenters. The fourth-order valence-electron chi connectivity index (χ4n) is 6.35. The largest absolute Gasteiger partial charge is 0.481 e. The summed E-state index contributed by atoms with van der Waals surface area (Å²) in [6.45, 7) is 3.25.